The number of anilines is 1. The van der Waals surface area contributed by atoms with E-state index in [0.717, 1.165) is 43.1 Å². The number of benzene rings is 1. The monoisotopic (exact) mass is 452 g/mol. The van der Waals surface area contributed by atoms with Crippen LogP contribution >= 0.6 is 23.1 Å². The smallest absolute Gasteiger partial charge is 0.301 e. The number of thioether (sulfide) groups is 1. The zero-order valence-electron chi connectivity index (χ0n) is 15.3. The molecule has 1 saturated heterocycles. The largest absolute Gasteiger partial charge is 0.416 e. The summed E-state index contributed by atoms with van der Waals surface area (Å²) in [5.41, 5.74) is -0.341. The number of amidine groups is 1. The van der Waals surface area contributed by atoms with Crippen LogP contribution in [0, 0.1) is 0 Å². The number of halogens is 3. The third-order valence-corrected chi connectivity index (χ3v) is 6.28. The summed E-state index contributed by atoms with van der Waals surface area (Å²) in [4.78, 5) is 34.6. The normalized spacial score (nSPS) is 19.4. The molecule has 1 aliphatic carbocycles. The molecule has 4 rings (SSSR count). The van der Waals surface area contributed by atoms with Gasteiger partial charge in [-0.3, -0.25) is 19.5 Å². The maximum absolute atomic E-state index is 12.8. The molecule has 0 unspecified atom stereocenters. The first kappa shape index (κ1) is 20.6. The molecular formula is C19H15F3N4O2S2. The minimum absolute atomic E-state index is 0.0141. The van der Waals surface area contributed by atoms with Crippen LogP contribution in [0.15, 0.2) is 40.4 Å². The van der Waals surface area contributed by atoms with Crippen LogP contribution in [-0.4, -0.2) is 28.5 Å². The van der Waals surface area contributed by atoms with Gasteiger partial charge in [0.1, 0.15) is 0 Å². The number of amides is 2. The maximum atomic E-state index is 12.8. The van der Waals surface area contributed by atoms with Gasteiger partial charge < -0.3 is 5.32 Å². The molecule has 1 N–H and O–H groups in total. The number of alkyl halides is 3. The third kappa shape index (κ3) is 4.73. The van der Waals surface area contributed by atoms with Gasteiger partial charge in [-0.2, -0.15) is 13.2 Å². The molecule has 0 atom stereocenters. The molecule has 2 aliphatic rings. The van der Waals surface area contributed by atoms with Crippen LogP contribution in [0.5, 0.6) is 0 Å². The summed E-state index contributed by atoms with van der Waals surface area (Å²) in [5.74, 6) is -0.341. The highest BCUT2D eigenvalue weighted by Crippen LogP contribution is 2.35. The van der Waals surface area contributed by atoms with Crippen LogP contribution < -0.4 is 10.2 Å². The lowest BCUT2D eigenvalue weighted by Gasteiger charge is -2.11. The molecule has 1 aliphatic heterocycles. The topological polar surface area (TPSA) is 74.7 Å². The molecule has 1 aromatic carbocycles. The van der Waals surface area contributed by atoms with Crippen molar-refractivity contribution in [1.82, 2.24) is 10.3 Å². The Bertz CT molecular complexity index is 1040. The second-order valence-corrected chi connectivity index (χ2v) is 8.74. The molecule has 0 radical (unpaired) electrons. The van der Waals surface area contributed by atoms with Gasteiger partial charge in [0.2, 0.25) is 6.41 Å². The molecule has 1 saturated carbocycles. The fourth-order valence-corrected chi connectivity index (χ4v) is 4.52. The number of nitrogens with zero attached hydrogens (tertiary/aromatic N) is 3. The van der Waals surface area contributed by atoms with Gasteiger partial charge >= 0.3 is 6.18 Å². The number of nitrogens with one attached hydrogen (secondary N) is 1. The molecule has 2 fully saturated rings. The number of hydrogen-bond donors (Lipinski definition) is 1. The van der Waals surface area contributed by atoms with E-state index < -0.39 is 11.7 Å². The van der Waals surface area contributed by atoms with E-state index in [0.29, 0.717) is 25.6 Å². The Balaban J connectivity index is 1.44. The number of aliphatic imine (C=N–C) groups is 1. The van der Waals surface area contributed by atoms with Gasteiger partial charge in [-0.25, -0.2) is 4.98 Å². The van der Waals surface area contributed by atoms with Crippen molar-refractivity contribution < 1.29 is 22.8 Å². The Morgan fingerprint density at radius 2 is 2.13 bits per heavy atom. The van der Waals surface area contributed by atoms with Crippen molar-refractivity contribution in [3.05, 3.63) is 51.4 Å². The molecule has 6 nitrogen and oxygen atoms in total. The lowest BCUT2D eigenvalue weighted by atomic mass is 10.1. The van der Waals surface area contributed by atoms with Crippen molar-refractivity contribution in [3.8, 4) is 0 Å². The van der Waals surface area contributed by atoms with Crippen LogP contribution in [0.3, 0.4) is 0 Å². The minimum atomic E-state index is -4.41. The molecule has 11 heteroatoms. The molecule has 0 spiro atoms. The van der Waals surface area contributed by atoms with Gasteiger partial charge in [0.05, 0.1) is 21.9 Å². The predicted octanol–water partition coefficient (Wildman–Crippen LogP) is 4.05. The number of aromatic nitrogens is 1. The molecule has 2 aromatic rings. The van der Waals surface area contributed by atoms with Crippen molar-refractivity contribution >= 4 is 51.8 Å². The van der Waals surface area contributed by atoms with Gasteiger partial charge in [0.15, 0.2) is 10.3 Å². The third-order valence-electron chi connectivity index (χ3n) is 4.37. The van der Waals surface area contributed by atoms with E-state index in [4.69, 9.17) is 0 Å². The van der Waals surface area contributed by atoms with Crippen LogP contribution in [0.1, 0.15) is 28.8 Å². The zero-order chi connectivity index (χ0) is 21.3. The van der Waals surface area contributed by atoms with Crippen LogP contribution in [0.25, 0.3) is 6.08 Å². The second kappa shape index (κ2) is 8.23. The average Bonchev–Trinajstić information content (AvgIpc) is 3.33. The lowest BCUT2D eigenvalue weighted by molar-refractivity contribution is -0.137. The first-order chi connectivity index (χ1) is 14.3. The minimum Gasteiger partial charge on any atom is -0.301 e. The maximum Gasteiger partial charge on any atom is 0.416 e. The Morgan fingerprint density at radius 3 is 2.83 bits per heavy atom. The second-order valence-electron chi connectivity index (χ2n) is 6.67. The first-order valence-corrected chi connectivity index (χ1v) is 10.6. The first-order valence-electron chi connectivity index (χ1n) is 8.94. The number of thiazole rings is 1. The van der Waals surface area contributed by atoms with E-state index in [1.165, 1.54) is 17.4 Å². The lowest BCUT2D eigenvalue weighted by Crippen LogP contribution is -2.22. The fraction of sp³-hybridized carbons (Fsp3) is 0.263. The summed E-state index contributed by atoms with van der Waals surface area (Å²) >= 11 is 2.41. The van der Waals surface area contributed by atoms with Crippen LogP contribution in [-0.2, 0) is 22.3 Å². The highest BCUT2D eigenvalue weighted by molar-refractivity contribution is 8.18. The van der Waals surface area contributed by atoms with Crippen molar-refractivity contribution in [2.24, 2.45) is 4.99 Å². The molecule has 1 aromatic heterocycles. The summed E-state index contributed by atoms with van der Waals surface area (Å²) < 4.78 is 38.4. The van der Waals surface area contributed by atoms with E-state index >= 15 is 0 Å². The predicted molar refractivity (Wildman–Crippen MR) is 110 cm³/mol. The highest BCUT2D eigenvalue weighted by atomic mass is 32.2. The SMILES string of the molecule is O=CN(c1ncc(/C=C2\SC(=NCc3cccc(C(F)(F)F)c3)NC2=O)s1)C1CC1. The summed E-state index contributed by atoms with van der Waals surface area (Å²) in [6.45, 7) is 0.0141. The van der Waals surface area contributed by atoms with Gasteiger partial charge in [0.25, 0.3) is 5.91 Å². The average molecular weight is 452 g/mol. The zero-order valence-corrected chi connectivity index (χ0v) is 17.0. The van der Waals surface area contributed by atoms with E-state index in [2.05, 4.69) is 15.3 Å². The van der Waals surface area contributed by atoms with Crippen molar-refractivity contribution in [2.75, 3.05) is 4.90 Å². The Kier molecular flexibility index (Phi) is 5.65. The summed E-state index contributed by atoms with van der Waals surface area (Å²) in [6.07, 6.45) is 1.52. The summed E-state index contributed by atoms with van der Waals surface area (Å²) in [7, 11) is 0. The van der Waals surface area contributed by atoms with Crippen molar-refractivity contribution in [2.45, 2.75) is 31.6 Å². The number of hydrogen-bond acceptors (Lipinski definition) is 6. The van der Waals surface area contributed by atoms with Crippen molar-refractivity contribution in [1.29, 1.82) is 0 Å². The number of carbonyl (C=O) groups is 2. The van der Waals surface area contributed by atoms with Crippen molar-refractivity contribution in [3.63, 3.8) is 0 Å². The molecular weight excluding hydrogens is 437 g/mol. The molecule has 0 bridgehead atoms. The van der Waals surface area contributed by atoms with Crippen LogP contribution in [0.4, 0.5) is 18.3 Å². The molecule has 30 heavy (non-hydrogen) atoms. The molecule has 2 amide bonds. The van der Waals surface area contributed by atoms with E-state index in [-0.39, 0.29) is 18.5 Å². The van der Waals surface area contributed by atoms with E-state index in [1.807, 2.05) is 0 Å². The summed E-state index contributed by atoms with van der Waals surface area (Å²) in [6, 6.07) is 5.12. The number of carbonyl (C=O) groups excluding carboxylic acids is 2. The number of rotatable bonds is 6. The molecule has 2 heterocycles. The van der Waals surface area contributed by atoms with Gasteiger partial charge in [-0.05, 0) is 48.4 Å². The van der Waals surface area contributed by atoms with Gasteiger partial charge in [-0.1, -0.05) is 23.5 Å². The van der Waals surface area contributed by atoms with Crippen LogP contribution in [0.2, 0.25) is 0 Å². The fourth-order valence-electron chi connectivity index (χ4n) is 2.74. The summed E-state index contributed by atoms with van der Waals surface area (Å²) in [5, 5.41) is 3.51. The van der Waals surface area contributed by atoms with Gasteiger partial charge in [-0.15, -0.1) is 0 Å². The Morgan fingerprint density at radius 1 is 1.33 bits per heavy atom. The standard InChI is InChI=1S/C19H15F3N4O2S2/c20-19(21,22)12-3-1-2-11(6-12)8-23-17-25-16(28)15(30-17)7-14-9-24-18(29-14)26(10-27)13-4-5-13/h1-3,6-7,9-10,13H,4-5,8H2,(H,23,25,28)/b15-7-. The Labute approximate surface area is 177 Å². The molecule has 156 valence electrons. The highest BCUT2D eigenvalue weighted by Gasteiger charge is 2.31. The van der Waals surface area contributed by atoms with E-state index in [9.17, 15) is 22.8 Å². The van der Waals surface area contributed by atoms with Gasteiger partial charge in [0, 0.05) is 12.2 Å². The Hall–Kier alpha value is -2.66. The quantitative estimate of drug-likeness (QED) is 0.530. The van der Waals surface area contributed by atoms with E-state index in [1.54, 1.807) is 23.2 Å².